The molecule has 0 unspecified atom stereocenters. The first kappa shape index (κ1) is 15.9. The van der Waals surface area contributed by atoms with Gasteiger partial charge in [0.15, 0.2) is 0 Å². The van der Waals surface area contributed by atoms with Gasteiger partial charge < -0.3 is 21.1 Å². The van der Waals surface area contributed by atoms with E-state index in [1.807, 2.05) is 30.3 Å². The van der Waals surface area contributed by atoms with Gasteiger partial charge in [-0.25, -0.2) is 4.79 Å². The van der Waals surface area contributed by atoms with Gasteiger partial charge in [0.25, 0.3) is 0 Å². The van der Waals surface area contributed by atoms with Crippen molar-refractivity contribution in [3.05, 3.63) is 59.2 Å². The van der Waals surface area contributed by atoms with Crippen LogP contribution in [0.3, 0.4) is 0 Å². The van der Waals surface area contributed by atoms with Gasteiger partial charge in [0.2, 0.25) is 5.91 Å². The highest BCUT2D eigenvalue weighted by Gasteiger charge is 2.13. The molecule has 0 spiro atoms. The van der Waals surface area contributed by atoms with Crippen LogP contribution >= 0.6 is 0 Å². The Bertz CT molecular complexity index is 757. The number of carbonyl (C=O) groups is 2. The summed E-state index contributed by atoms with van der Waals surface area (Å²) >= 11 is 0. The average molecular weight is 325 g/mol. The van der Waals surface area contributed by atoms with Gasteiger partial charge in [0.05, 0.1) is 13.0 Å². The Balaban J connectivity index is 1.51. The number of fused-ring (bicyclic) bond motifs is 1. The number of anilines is 1. The Morgan fingerprint density at radius 2 is 1.83 bits per heavy atom. The summed E-state index contributed by atoms with van der Waals surface area (Å²) < 4.78 is 5.46. The molecule has 3 amide bonds. The summed E-state index contributed by atoms with van der Waals surface area (Å²) in [4.78, 5) is 22.8. The molecule has 0 aromatic heterocycles. The topological polar surface area (TPSA) is 93.5 Å². The SMILES string of the molecule is NC(=O)Nc1ccc(CNC(=O)Cc2ccc3c(c2)CCO3)cc1. The van der Waals surface area contributed by atoms with Crippen molar-refractivity contribution in [3.63, 3.8) is 0 Å². The van der Waals surface area contributed by atoms with E-state index in [0.29, 0.717) is 25.3 Å². The highest BCUT2D eigenvalue weighted by molar-refractivity contribution is 5.87. The minimum Gasteiger partial charge on any atom is -0.493 e. The van der Waals surface area contributed by atoms with Crippen LogP contribution in [0.15, 0.2) is 42.5 Å². The Kier molecular flexibility index (Phi) is 4.65. The highest BCUT2D eigenvalue weighted by atomic mass is 16.5. The molecule has 6 nitrogen and oxygen atoms in total. The van der Waals surface area contributed by atoms with Gasteiger partial charge in [-0.05, 0) is 34.9 Å². The predicted molar refractivity (Wildman–Crippen MR) is 90.8 cm³/mol. The third kappa shape index (κ3) is 4.04. The fourth-order valence-corrected chi connectivity index (χ4v) is 2.65. The van der Waals surface area contributed by atoms with E-state index < -0.39 is 6.03 Å². The number of nitrogens with two attached hydrogens (primary N) is 1. The zero-order chi connectivity index (χ0) is 16.9. The smallest absolute Gasteiger partial charge is 0.316 e. The van der Waals surface area contributed by atoms with Gasteiger partial charge in [-0.1, -0.05) is 24.3 Å². The van der Waals surface area contributed by atoms with Crippen molar-refractivity contribution in [1.82, 2.24) is 5.32 Å². The van der Waals surface area contributed by atoms with Crippen molar-refractivity contribution in [1.29, 1.82) is 0 Å². The van der Waals surface area contributed by atoms with E-state index in [4.69, 9.17) is 10.5 Å². The lowest BCUT2D eigenvalue weighted by Crippen LogP contribution is -2.24. The Labute approximate surface area is 140 Å². The first-order valence-electron chi connectivity index (χ1n) is 7.77. The van der Waals surface area contributed by atoms with Crippen molar-refractivity contribution in [2.45, 2.75) is 19.4 Å². The highest BCUT2D eigenvalue weighted by Crippen LogP contribution is 2.25. The number of nitrogens with one attached hydrogen (secondary N) is 2. The van der Waals surface area contributed by atoms with Crippen molar-refractivity contribution < 1.29 is 14.3 Å². The monoisotopic (exact) mass is 325 g/mol. The maximum atomic E-state index is 12.1. The molecule has 124 valence electrons. The zero-order valence-corrected chi connectivity index (χ0v) is 13.2. The number of amides is 3. The zero-order valence-electron chi connectivity index (χ0n) is 13.2. The third-order valence-electron chi connectivity index (χ3n) is 3.83. The number of hydrogen-bond donors (Lipinski definition) is 3. The average Bonchev–Trinajstić information content (AvgIpc) is 3.01. The molecule has 0 radical (unpaired) electrons. The fraction of sp³-hybridized carbons (Fsp3) is 0.222. The molecule has 6 heteroatoms. The van der Waals surface area contributed by atoms with E-state index in [1.54, 1.807) is 12.1 Å². The van der Waals surface area contributed by atoms with Crippen molar-refractivity contribution in [2.75, 3.05) is 11.9 Å². The minimum atomic E-state index is -0.601. The van der Waals surface area contributed by atoms with Crippen LogP contribution < -0.4 is 21.1 Å². The molecule has 0 fully saturated rings. The van der Waals surface area contributed by atoms with Crippen LogP contribution in [0.5, 0.6) is 5.75 Å². The molecule has 1 aliphatic heterocycles. The lowest BCUT2D eigenvalue weighted by Gasteiger charge is -2.08. The summed E-state index contributed by atoms with van der Waals surface area (Å²) in [5, 5.41) is 5.38. The molecule has 0 bridgehead atoms. The number of ether oxygens (including phenoxy) is 1. The van der Waals surface area contributed by atoms with Crippen LogP contribution in [0, 0.1) is 0 Å². The molecule has 0 saturated carbocycles. The molecule has 1 aliphatic rings. The van der Waals surface area contributed by atoms with Crippen LogP contribution in [0.1, 0.15) is 16.7 Å². The van der Waals surface area contributed by atoms with Crippen molar-refractivity contribution in [2.24, 2.45) is 5.73 Å². The molecule has 0 saturated heterocycles. The Morgan fingerprint density at radius 3 is 2.58 bits per heavy atom. The van der Waals surface area contributed by atoms with Gasteiger partial charge in [0, 0.05) is 18.7 Å². The summed E-state index contributed by atoms with van der Waals surface area (Å²) in [6, 6.07) is 12.4. The second-order valence-corrected chi connectivity index (χ2v) is 5.68. The molecule has 3 rings (SSSR count). The normalized spacial score (nSPS) is 12.2. The molecule has 2 aromatic carbocycles. The Hall–Kier alpha value is -3.02. The van der Waals surface area contributed by atoms with Gasteiger partial charge in [0.1, 0.15) is 5.75 Å². The first-order chi connectivity index (χ1) is 11.6. The van der Waals surface area contributed by atoms with Crippen LogP contribution in [-0.2, 0) is 24.2 Å². The molecule has 24 heavy (non-hydrogen) atoms. The van der Waals surface area contributed by atoms with Crippen LogP contribution in [0.2, 0.25) is 0 Å². The number of primary amides is 1. The largest absolute Gasteiger partial charge is 0.493 e. The summed E-state index contributed by atoms with van der Waals surface area (Å²) in [5.74, 6) is 0.886. The summed E-state index contributed by atoms with van der Waals surface area (Å²) in [6.45, 7) is 1.15. The standard InChI is InChI=1S/C18H19N3O3/c19-18(23)21-15-4-1-12(2-5-15)11-20-17(22)10-13-3-6-16-14(9-13)7-8-24-16/h1-6,9H,7-8,10-11H2,(H,20,22)(H3,19,21,23). The van der Waals surface area contributed by atoms with E-state index in [0.717, 1.165) is 28.9 Å². The van der Waals surface area contributed by atoms with Crippen LogP contribution in [-0.4, -0.2) is 18.5 Å². The number of benzene rings is 2. The number of urea groups is 1. The van der Waals surface area contributed by atoms with E-state index in [1.165, 1.54) is 0 Å². The molecule has 0 atom stereocenters. The quantitative estimate of drug-likeness (QED) is 0.784. The predicted octanol–water partition coefficient (Wildman–Crippen LogP) is 1.97. The maximum Gasteiger partial charge on any atom is 0.316 e. The van der Waals surface area contributed by atoms with Gasteiger partial charge in [-0.3, -0.25) is 4.79 Å². The number of hydrogen-bond acceptors (Lipinski definition) is 3. The van der Waals surface area contributed by atoms with E-state index in [9.17, 15) is 9.59 Å². The van der Waals surface area contributed by atoms with Crippen molar-refractivity contribution in [3.8, 4) is 5.75 Å². The van der Waals surface area contributed by atoms with Gasteiger partial charge >= 0.3 is 6.03 Å². The molecular formula is C18H19N3O3. The number of carbonyl (C=O) groups excluding carboxylic acids is 2. The number of rotatable bonds is 5. The van der Waals surface area contributed by atoms with Crippen LogP contribution in [0.25, 0.3) is 0 Å². The molecule has 0 aliphatic carbocycles. The second kappa shape index (κ2) is 7.04. The van der Waals surface area contributed by atoms with Gasteiger partial charge in [-0.15, -0.1) is 0 Å². The lowest BCUT2D eigenvalue weighted by atomic mass is 10.1. The van der Waals surface area contributed by atoms with E-state index in [2.05, 4.69) is 10.6 Å². The summed E-state index contributed by atoms with van der Waals surface area (Å²) in [6.07, 6.45) is 1.24. The van der Waals surface area contributed by atoms with Gasteiger partial charge in [-0.2, -0.15) is 0 Å². The maximum absolute atomic E-state index is 12.1. The molecule has 1 heterocycles. The minimum absolute atomic E-state index is 0.0341. The molecular weight excluding hydrogens is 306 g/mol. The second-order valence-electron chi connectivity index (χ2n) is 5.68. The fourth-order valence-electron chi connectivity index (χ4n) is 2.65. The summed E-state index contributed by atoms with van der Waals surface area (Å²) in [7, 11) is 0. The van der Waals surface area contributed by atoms with E-state index in [-0.39, 0.29) is 5.91 Å². The Morgan fingerprint density at radius 1 is 1.08 bits per heavy atom. The van der Waals surface area contributed by atoms with Crippen LogP contribution in [0.4, 0.5) is 10.5 Å². The van der Waals surface area contributed by atoms with E-state index >= 15 is 0 Å². The summed E-state index contributed by atoms with van der Waals surface area (Å²) in [5.41, 5.74) is 8.77. The molecule has 4 N–H and O–H groups in total. The lowest BCUT2D eigenvalue weighted by molar-refractivity contribution is -0.120. The molecule has 2 aromatic rings. The first-order valence-corrected chi connectivity index (χ1v) is 7.77. The third-order valence-corrected chi connectivity index (χ3v) is 3.83. The van der Waals surface area contributed by atoms with Crippen molar-refractivity contribution >= 4 is 17.6 Å².